The maximum atomic E-state index is 11.8. The highest BCUT2D eigenvalue weighted by Crippen LogP contribution is 2.17. The molecule has 0 aromatic heterocycles. The van der Waals surface area contributed by atoms with Gasteiger partial charge in [0.15, 0.2) is 5.78 Å². The van der Waals surface area contributed by atoms with Crippen LogP contribution >= 0.6 is 0 Å². The largest absolute Gasteiger partial charge is 0.294 e. The molecule has 0 amide bonds. The quantitative estimate of drug-likeness (QED) is 0.608. The fraction of sp³-hybridized carbons (Fsp3) is 0.222. The molecule has 2 aromatic rings. The van der Waals surface area contributed by atoms with Crippen LogP contribution in [-0.4, -0.2) is 18.5 Å². The molecule has 0 atom stereocenters. The molecule has 102 valence electrons. The summed E-state index contributed by atoms with van der Waals surface area (Å²) in [4.78, 5) is 16.2. The Hall–Kier alpha value is -2.22. The highest BCUT2D eigenvalue weighted by molar-refractivity contribution is 6.18. The molecular weight excluding hydrogens is 246 g/mol. The Bertz CT molecular complexity index is 639. The number of hydrogen-bond donors (Lipinski definition) is 0. The Kier molecular flexibility index (Phi) is 4.46. The Morgan fingerprint density at radius 1 is 1.00 bits per heavy atom. The molecule has 0 radical (unpaired) electrons. The predicted molar refractivity (Wildman–Crippen MR) is 83.8 cm³/mol. The molecular formula is C18H19NO. The van der Waals surface area contributed by atoms with Crippen molar-refractivity contribution in [3.63, 3.8) is 0 Å². The third-order valence-corrected chi connectivity index (χ3v) is 3.42. The molecule has 0 saturated carbocycles. The first-order valence-corrected chi connectivity index (χ1v) is 6.83. The average molecular weight is 265 g/mol. The molecule has 0 N–H and O–H groups in total. The van der Waals surface area contributed by atoms with Crippen LogP contribution in [0.25, 0.3) is 0 Å². The van der Waals surface area contributed by atoms with Crippen LogP contribution in [-0.2, 0) is 6.42 Å². The van der Waals surface area contributed by atoms with E-state index in [1.165, 1.54) is 5.56 Å². The number of aryl methyl sites for hydroxylation is 1. The third-order valence-electron chi connectivity index (χ3n) is 3.42. The lowest BCUT2D eigenvalue weighted by atomic mass is 9.95. The summed E-state index contributed by atoms with van der Waals surface area (Å²) in [5, 5.41) is 0. The van der Waals surface area contributed by atoms with Crippen molar-refractivity contribution in [2.24, 2.45) is 4.99 Å². The van der Waals surface area contributed by atoms with E-state index in [1.807, 2.05) is 24.3 Å². The van der Waals surface area contributed by atoms with Crippen molar-refractivity contribution in [2.45, 2.75) is 20.3 Å². The van der Waals surface area contributed by atoms with Crippen molar-refractivity contribution >= 4 is 11.5 Å². The Labute approximate surface area is 120 Å². The fourth-order valence-corrected chi connectivity index (χ4v) is 2.30. The fourth-order valence-electron chi connectivity index (χ4n) is 2.30. The molecule has 0 aliphatic heterocycles. The van der Waals surface area contributed by atoms with Crippen LogP contribution in [0.1, 0.15) is 40.9 Å². The van der Waals surface area contributed by atoms with Crippen molar-refractivity contribution in [1.82, 2.24) is 0 Å². The number of carbonyl (C=O) groups is 1. The van der Waals surface area contributed by atoms with E-state index < -0.39 is 0 Å². The zero-order chi connectivity index (χ0) is 14.5. The van der Waals surface area contributed by atoms with Crippen molar-refractivity contribution in [2.75, 3.05) is 7.05 Å². The van der Waals surface area contributed by atoms with E-state index in [0.29, 0.717) is 5.56 Å². The summed E-state index contributed by atoms with van der Waals surface area (Å²) < 4.78 is 0. The van der Waals surface area contributed by atoms with Gasteiger partial charge in [-0.3, -0.25) is 9.79 Å². The predicted octanol–water partition coefficient (Wildman–Crippen LogP) is 3.92. The topological polar surface area (TPSA) is 29.4 Å². The zero-order valence-corrected chi connectivity index (χ0v) is 12.2. The highest BCUT2D eigenvalue weighted by atomic mass is 16.1. The first kappa shape index (κ1) is 14.2. The van der Waals surface area contributed by atoms with Crippen LogP contribution < -0.4 is 0 Å². The molecule has 0 bridgehead atoms. The lowest BCUT2D eigenvalue weighted by Gasteiger charge is -2.11. The molecule has 0 fully saturated rings. The molecule has 20 heavy (non-hydrogen) atoms. The molecule has 2 rings (SSSR count). The second kappa shape index (κ2) is 6.29. The van der Waals surface area contributed by atoms with Crippen LogP contribution in [0.5, 0.6) is 0 Å². The van der Waals surface area contributed by atoms with Crippen molar-refractivity contribution in [3.05, 3.63) is 70.8 Å². The van der Waals surface area contributed by atoms with E-state index in [1.54, 1.807) is 14.0 Å². The van der Waals surface area contributed by atoms with Gasteiger partial charge in [0, 0.05) is 23.7 Å². The smallest absolute Gasteiger partial charge is 0.160 e. The number of hydrogen-bond acceptors (Lipinski definition) is 2. The molecule has 0 aliphatic carbocycles. The first-order valence-electron chi connectivity index (χ1n) is 6.83. The van der Waals surface area contributed by atoms with Gasteiger partial charge in [-0.25, -0.2) is 0 Å². The van der Waals surface area contributed by atoms with Crippen LogP contribution in [0.15, 0.2) is 53.5 Å². The minimum absolute atomic E-state index is 0.0620. The van der Waals surface area contributed by atoms with Gasteiger partial charge < -0.3 is 0 Å². The van der Waals surface area contributed by atoms with E-state index in [-0.39, 0.29) is 5.78 Å². The standard InChI is InChI=1S/C18H19NO/c1-4-14-9-11-15(12-10-14)18(19-3)17-8-6-5-7-16(17)13(2)20/h5-12H,4H2,1-3H3. The van der Waals surface area contributed by atoms with E-state index >= 15 is 0 Å². The maximum Gasteiger partial charge on any atom is 0.160 e. The van der Waals surface area contributed by atoms with Gasteiger partial charge in [-0.15, -0.1) is 0 Å². The monoisotopic (exact) mass is 265 g/mol. The summed E-state index contributed by atoms with van der Waals surface area (Å²) in [7, 11) is 1.76. The third kappa shape index (κ3) is 2.85. The SMILES string of the molecule is CCc1ccc(C(=NC)c2ccccc2C(C)=O)cc1. The number of benzene rings is 2. The Balaban J connectivity index is 2.50. The molecule has 0 unspecified atom stereocenters. The van der Waals surface area contributed by atoms with Crippen LogP contribution in [0.2, 0.25) is 0 Å². The Morgan fingerprint density at radius 2 is 1.60 bits per heavy atom. The van der Waals surface area contributed by atoms with Crippen molar-refractivity contribution in [3.8, 4) is 0 Å². The molecule has 0 spiro atoms. The van der Waals surface area contributed by atoms with Crippen LogP contribution in [0, 0.1) is 0 Å². The summed E-state index contributed by atoms with van der Waals surface area (Å²) in [6.07, 6.45) is 1.02. The molecule has 0 aliphatic rings. The molecule has 2 heteroatoms. The first-order chi connectivity index (χ1) is 9.67. The Morgan fingerprint density at radius 3 is 2.10 bits per heavy atom. The van der Waals surface area contributed by atoms with Crippen molar-refractivity contribution < 1.29 is 4.79 Å². The number of carbonyl (C=O) groups excluding carboxylic acids is 1. The van der Waals surface area contributed by atoms with Gasteiger partial charge in [-0.2, -0.15) is 0 Å². The van der Waals surface area contributed by atoms with E-state index in [9.17, 15) is 4.79 Å². The number of ketones is 1. The molecule has 0 heterocycles. The summed E-state index contributed by atoms with van der Waals surface area (Å²) >= 11 is 0. The minimum Gasteiger partial charge on any atom is -0.294 e. The maximum absolute atomic E-state index is 11.8. The average Bonchev–Trinajstić information content (AvgIpc) is 2.49. The minimum atomic E-state index is 0.0620. The van der Waals surface area contributed by atoms with Crippen molar-refractivity contribution in [1.29, 1.82) is 0 Å². The summed E-state index contributed by atoms with van der Waals surface area (Å²) in [5.74, 6) is 0.0620. The number of rotatable bonds is 4. The lowest BCUT2D eigenvalue weighted by molar-refractivity contribution is 0.101. The summed E-state index contributed by atoms with van der Waals surface area (Å²) in [5.41, 5.74) is 4.81. The van der Waals surface area contributed by atoms with Gasteiger partial charge in [-0.1, -0.05) is 55.5 Å². The zero-order valence-electron chi connectivity index (χ0n) is 12.2. The second-order valence-corrected chi connectivity index (χ2v) is 4.72. The highest BCUT2D eigenvalue weighted by Gasteiger charge is 2.13. The van der Waals surface area contributed by atoms with Crippen LogP contribution in [0.3, 0.4) is 0 Å². The molecule has 2 aromatic carbocycles. The molecule has 2 nitrogen and oxygen atoms in total. The van der Waals surface area contributed by atoms with E-state index in [2.05, 4.69) is 36.2 Å². The van der Waals surface area contributed by atoms with Gasteiger partial charge in [0.1, 0.15) is 0 Å². The summed E-state index contributed by atoms with van der Waals surface area (Å²) in [6, 6.07) is 16.0. The van der Waals surface area contributed by atoms with Crippen LogP contribution in [0.4, 0.5) is 0 Å². The van der Waals surface area contributed by atoms with Gasteiger partial charge in [0.25, 0.3) is 0 Å². The number of Topliss-reactive ketones (excluding diaryl/α,β-unsaturated/α-hetero) is 1. The normalized spacial score (nSPS) is 11.4. The van der Waals surface area contributed by atoms with Gasteiger partial charge in [0.2, 0.25) is 0 Å². The van der Waals surface area contributed by atoms with E-state index in [4.69, 9.17) is 0 Å². The second-order valence-electron chi connectivity index (χ2n) is 4.72. The number of aliphatic imine (C=N–C) groups is 1. The van der Waals surface area contributed by atoms with Gasteiger partial charge in [-0.05, 0) is 18.9 Å². The molecule has 0 saturated heterocycles. The summed E-state index contributed by atoms with van der Waals surface area (Å²) in [6.45, 7) is 3.72. The van der Waals surface area contributed by atoms with Gasteiger partial charge >= 0.3 is 0 Å². The lowest BCUT2D eigenvalue weighted by Crippen LogP contribution is -2.09. The van der Waals surface area contributed by atoms with E-state index in [0.717, 1.165) is 23.3 Å². The number of nitrogens with zero attached hydrogens (tertiary/aromatic N) is 1. The van der Waals surface area contributed by atoms with Gasteiger partial charge in [0.05, 0.1) is 5.71 Å².